The Hall–Kier alpha value is -4.25. The van der Waals surface area contributed by atoms with Crippen molar-refractivity contribution in [2.24, 2.45) is 11.8 Å². The van der Waals surface area contributed by atoms with Gasteiger partial charge in [0.2, 0.25) is 17.6 Å². The van der Waals surface area contributed by atoms with Crippen LogP contribution in [0.5, 0.6) is 0 Å². The van der Waals surface area contributed by atoms with E-state index in [-0.39, 0.29) is 41.0 Å². The highest BCUT2D eigenvalue weighted by Crippen LogP contribution is 2.37. The van der Waals surface area contributed by atoms with Crippen molar-refractivity contribution < 1.29 is 28.3 Å². The van der Waals surface area contributed by atoms with E-state index in [0.717, 1.165) is 5.56 Å². The van der Waals surface area contributed by atoms with Crippen molar-refractivity contribution in [3.63, 3.8) is 0 Å². The lowest BCUT2D eigenvalue weighted by Gasteiger charge is -2.28. The van der Waals surface area contributed by atoms with Crippen molar-refractivity contribution in [2.45, 2.75) is 39.0 Å². The third-order valence-electron chi connectivity index (χ3n) is 7.63. The lowest BCUT2D eigenvalue weighted by molar-refractivity contribution is -0.135. The molecule has 1 saturated carbocycles. The molecule has 0 bridgehead atoms. The lowest BCUT2D eigenvalue weighted by Crippen LogP contribution is -2.35. The summed E-state index contributed by atoms with van der Waals surface area (Å²) in [5.74, 6) is -1.37. The van der Waals surface area contributed by atoms with E-state index in [2.05, 4.69) is 15.6 Å². The normalized spacial score (nSPS) is 16.6. The third kappa shape index (κ3) is 6.96. The smallest absolute Gasteiger partial charge is 0.294 e. The van der Waals surface area contributed by atoms with Crippen LogP contribution >= 0.6 is 0 Å². The fourth-order valence-corrected chi connectivity index (χ4v) is 5.27. The quantitative estimate of drug-likeness (QED) is 0.343. The molecule has 1 aliphatic carbocycles. The highest BCUT2D eigenvalue weighted by molar-refractivity contribution is 6.19. The zero-order valence-electron chi connectivity index (χ0n) is 24.9. The summed E-state index contributed by atoms with van der Waals surface area (Å²) in [5.41, 5.74) is 1.67. The largest absolute Gasteiger partial charge is 0.449 e. The molecule has 0 aliphatic heterocycles. The van der Waals surface area contributed by atoms with Crippen LogP contribution in [0.15, 0.2) is 40.9 Å². The van der Waals surface area contributed by atoms with Crippen molar-refractivity contribution in [1.29, 1.82) is 0 Å². The standard InChI is InChI=1S/C31H39N5O6/c1-19-10-15-24(32-18-19)33-29(38)27-26(34-28(37)20-11-13-21(14-12-20)30(39)35(2)3)25-22(8-6-9-23(25)42-27)31(40)36(4)16-7-17-41-5/h6,8-10,15,18,20-21H,7,11-14,16-17H2,1-5H3,(H,34,37)(H,32,33,38). The monoisotopic (exact) mass is 577 g/mol. The lowest BCUT2D eigenvalue weighted by atomic mass is 9.81. The van der Waals surface area contributed by atoms with Gasteiger partial charge in [0.05, 0.1) is 10.9 Å². The number of anilines is 2. The van der Waals surface area contributed by atoms with Crippen LogP contribution in [0.25, 0.3) is 11.0 Å². The summed E-state index contributed by atoms with van der Waals surface area (Å²) in [6, 6.07) is 8.48. The number of rotatable bonds is 10. The summed E-state index contributed by atoms with van der Waals surface area (Å²) in [4.78, 5) is 60.4. The SMILES string of the molecule is COCCCN(C)C(=O)c1cccc2oc(C(=O)Nc3ccc(C)cn3)c(NC(=O)C3CCC(C(=O)N(C)C)CC3)c12. The van der Waals surface area contributed by atoms with Gasteiger partial charge < -0.3 is 29.6 Å². The zero-order chi connectivity index (χ0) is 30.4. The highest BCUT2D eigenvalue weighted by atomic mass is 16.5. The molecule has 224 valence electrons. The van der Waals surface area contributed by atoms with Crippen molar-refractivity contribution >= 4 is 46.1 Å². The predicted octanol–water partition coefficient (Wildman–Crippen LogP) is 4.33. The number of furan rings is 1. The first-order valence-electron chi connectivity index (χ1n) is 14.2. The molecule has 42 heavy (non-hydrogen) atoms. The summed E-state index contributed by atoms with van der Waals surface area (Å²) in [6.45, 7) is 2.86. The van der Waals surface area contributed by atoms with Crippen LogP contribution < -0.4 is 10.6 Å². The van der Waals surface area contributed by atoms with Crippen LogP contribution in [-0.2, 0) is 14.3 Å². The Labute approximate surface area is 245 Å². The topological polar surface area (TPSA) is 134 Å². The first-order chi connectivity index (χ1) is 20.1. The molecule has 0 radical (unpaired) electrons. The van der Waals surface area contributed by atoms with Gasteiger partial charge in [-0.25, -0.2) is 4.98 Å². The zero-order valence-corrected chi connectivity index (χ0v) is 24.9. The molecule has 11 heteroatoms. The second-order valence-corrected chi connectivity index (χ2v) is 11.0. The molecule has 1 aliphatic rings. The van der Waals surface area contributed by atoms with Crippen LogP contribution in [-0.4, -0.2) is 79.8 Å². The summed E-state index contributed by atoms with van der Waals surface area (Å²) in [6.07, 6.45) is 4.56. The molecule has 4 rings (SSSR count). The highest BCUT2D eigenvalue weighted by Gasteiger charge is 2.33. The molecular weight excluding hydrogens is 538 g/mol. The van der Waals surface area contributed by atoms with Gasteiger partial charge in [0.15, 0.2) is 0 Å². The van der Waals surface area contributed by atoms with Gasteiger partial charge in [-0.05, 0) is 62.8 Å². The molecule has 0 saturated heterocycles. The van der Waals surface area contributed by atoms with E-state index in [9.17, 15) is 19.2 Å². The van der Waals surface area contributed by atoms with Crippen molar-refractivity contribution in [1.82, 2.24) is 14.8 Å². The van der Waals surface area contributed by atoms with E-state index in [1.165, 1.54) is 0 Å². The maximum Gasteiger partial charge on any atom is 0.294 e. The molecule has 3 aromatic rings. The van der Waals surface area contributed by atoms with Gasteiger partial charge in [0.1, 0.15) is 17.1 Å². The molecule has 2 heterocycles. The molecule has 2 N–H and O–H groups in total. The number of methoxy groups -OCH3 is 1. The van der Waals surface area contributed by atoms with Gasteiger partial charge in [0.25, 0.3) is 11.8 Å². The first-order valence-corrected chi connectivity index (χ1v) is 14.2. The number of hydrogen-bond acceptors (Lipinski definition) is 7. The minimum Gasteiger partial charge on any atom is -0.449 e. The number of benzene rings is 1. The van der Waals surface area contributed by atoms with Gasteiger partial charge >= 0.3 is 0 Å². The van der Waals surface area contributed by atoms with Gasteiger partial charge in [0, 0.05) is 59.4 Å². The van der Waals surface area contributed by atoms with Gasteiger partial charge in [-0.15, -0.1) is 0 Å². The molecule has 1 aromatic carbocycles. The van der Waals surface area contributed by atoms with Crippen LogP contribution in [0.4, 0.5) is 11.5 Å². The van der Waals surface area contributed by atoms with E-state index in [1.807, 2.05) is 13.0 Å². The Balaban J connectivity index is 1.67. The molecular formula is C31H39N5O6. The Morgan fingerprint density at radius 3 is 2.36 bits per heavy atom. The van der Waals surface area contributed by atoms with Crippen molar-refractivity contribution in [3.05, 3.63) is 53.4 Å². The number of pyridine rings is 1. The maximum atomic E-state index is 13.6. The Morgan fingerprint density at radius 1 is 1.00 bits per heavy atom. The Morgan fingerprint density at radius 2 is 1.71 bits per heavy atom. The average molecular weight is 578 g/mol. The molecule has 0 spiro atoms. The van der Waals surface area contributed by atoms with E-state index in [0.29, 0.717) is 67.6 Å². The van der Waals surface area contributed by atoms with E-state index in [4.69, 9.17) is 9.15 Å². The number of hydrogen-bond donors (Lipinski definition) is 2. The average Bonchev–Trinajstić information content (AvgIpc) is 3.36. The van der Waals surface area contributed by atoms with Crippen LogP contribution in [0, 0.1) is 18.8 Å². The van der Waals surface area contributed by atoms with Gasteiger partial charge in [-0.1, -0.05) is 12.1 Å². The van der Waals surface area contributed by atoms with Crippen LogP contribution in [0.1, 0.15) is 58.6 Å². The van der Waals surface area contributed by atoms with E-state index < -0.39 is 5.91 Å². The summed E-state index contributed by atoms with van der Waals surface area (Å²) >= 11 is 0. The van der Waals surface area contributed by atoms with Gasteiger partial charge in [-0.2, -0.15) is 0 Å². The number of aryl methyl sites for hydroxylation is 1. The van der Waals surface area contributed by atoms with Crippen molar-refractivity contribution in [3.8, 4) is 0 Å². The second-order valence-electron chi connectivity index (χ2n) is 11.0. The summed E-state index contributed by atoms with van der Waals surface area (Å²) < 4.78 is 11.1. The molecule has 2 aromatic heterocycles. The third-order valence-corrected chi connectivity index (χ3v) is 7.63. The Kier molecular flexibility index (Phi) is 9.95. The van der Waals surface area contributed by atoms with E-state index >= 15 is 0 Å². The van der Waals surface area contributed by atoms with E-state index in [1.54, 1.807) is 68.5 Å². The number of carbonyl (C=O) groups is 4. The minimum absolute atomic E-state index is 0.0659. The fraction of sp³-hybridized carbons (Fsp3) is 0.452. The number of aromatic nitrogens is 1. The number of amides is 4. The Bertz CT molecular complexity index is 1440. The minimum atomic E-state index is -0.606. The number of nitrogens with zero attached hydrogens (tertiary/aromatic N) is 3. The second kappa shape index (κ2) is 13.6. The number of carbonyl (C=O) groups excluding carboxylic acids is 4. The number of nitrogens with one attached hydrogen (secondary N) is 2. The summed E-state index contributed by atoms with van der Waals surface area (Å²) in [5, 5.41) is 6.01. The first kappa shape index (κ1) is 30.7. The molecule has 0 unspecified atom stereocenters. The molecule has 4 amide bonds. The molecule has 1 fully saturated rings. The van der Waals surface area contributed by atoms with Crippen LogP contribution in [0.2, 0.25) is 0 Å². The fourth-order valence-electron chi connectivity index (χ4n) is 5.27. The van der Waals surface area contributed by atoms with Gasteiger partial charge in [-0.3, -0.25) is 19.2 Å². The molecule has 0 atom stereocenters. The number of fused-ring (bicyclic) bond motifs is 1. The predicted molar refractivity (Wildman–Crippen MR) is 159 cm³/mol. The maximum absolute atomic E-state index is 13.6. The number of ether oxygens (including phenoxy) is 1. The summed E-state index contributed by atoms with van der Waals surface area (Å²) in [7, 11) is 6.77. The molecule has 11 nitrogen and oxygen atoms in total. The van der Waals surface area contributed by atoms with Crippen LogP contribution in [0.3, 0.4) is 0 Å². The van der Waals surface area contributed by atoms with Crippen molar-refractivity contribution in [2.75, 3.05) is 52.0 Å².